The van der Waals surface area contributed by atoms with Gasteiger partial charge in [-0.15, -0.1) is 0 Å². The van der Waals surface area contributed by atoms with E-state index in [0.29, 0.717) is 18.5 Å². The highest BCUT2D eigenvalue weighted by Gasteiger charge is 2.47. The molecule has 2 aromatic rings. The second-order valence-electron chi connectivity index (χ2n) is 6.04. The van der Waals surface area contributed by atoms with Gasteiger partial charge in [-0.1, -0.05) is 64.9 Å². The molecule has 0 fully saturated rings. The number of ether oxygens (including phenoxy) is 2. The van der Waals surface area contributed by atoms with E-state index in [9.17, 15) is 9.36 Å². The van der Waals surface area contributed by atoms with E-state index >= 15 is 0 Å². The first kappa shape index (κ1) is 21.6. The maximum atomic E-state index is 12.8. The zero-order valence-electron chi connectivity index (χ0n) is 15.8. The summed E-state index contributed by atoms with van der Waals surface area (Å²) in [7, 11) is -1.66. The lowest BCUT2D eigenvalue weighted by Gasteiger charge is -2.27. The summed E-state index contributed by atoms with van der Waals surface area (Å²) in [6, 6.07) is 19.5. The zero-order valence-corrected chi connectivity index (χ0v) is 17.5. The van der Waals surface area contributed by atoms with Crippen molar-refractivity contribution in [2.24, 2.45) is 0 Å². The van der Waals surface area contributed by atoms with Gasteiger partial charge < -0.3 is 9.47 Å². The fourth-order valence-corrected chi connectivity index (χ4v) is 5.60. The molecule has 144 valence electrons. The van der Waals surface area contributed by atoms with Crippen molar-refractivity contribution in [2.45, 2.75) is 30.8 Å². The first-order valence-corrected chi connectivity index (χ1v) is 11.7. The lowest BCUT2D eigenvalue weighted by Crippen LogP contribution is -2.47. The van der Waals surface area contributed by atoms with Crippen molar-refractivity contribution in [3.63, 3.8) is 0 Å². The molecule has 0 spiro atoms. The molecule has 27 heavy (non-hydrogen) atoms. The van der Waals surface area contributed by atoms with E-state index in [-0.39, 0.29) is 12.8 Å². The molecule has 0 saturated heterocycles. The summed E-state index contributed by atoms with van der Waals surface area (Å²) in [6.07, 6.45) is 0.487. The Kier molecular flexibility index (Phi) is 8.99. The maximum absolute atomic E-state index is 12.8. The van der Waals surface area contributed by atoms with E-state index in [2.05, 4.69) is 0 Å². The third-order valence-corrected chi connectivity index (χ3v) is 7.09. The van der Waals surface area contributed by atoms with Crippen LogP contribution in [0.1, 0.15) is 19.4 Å². The van der Waals surface area contributed by atoms with Gasteiger partial charge in [0.05, 0.1) is 6.61 Å². The van der Waals surface area contributed by atoms with E-state index in [1.807, 2.05) is 67.6 Å². The average molecular weight is 405 g/mol. The van der Waals surface area contributed by atoms with Crippen molar-refractivity contribution in [1.29, 1.82) is 0 Å². The van der Waals surface area contributed by atoms with Crippen LogP contribution < -0.4 is 0 Å². The molecule has 0 aliphatic heterocycles. The second kappa shape index (κ2) is 11.2. The first-order chi connectivity index (χ1) is 13.1. The van der Waals surface area contributed by atoms with Crippen LogP contribution in [0.5, 0.6) is 0 Å². The van der Waals surface area contributed by atoms with Crippen LogP contribution in [-0.4, -0.2) is 36.4 Å². The molecule has 0 amide bonds. The maximum Gasteiger partial charge on any atom is 0.353 e. The summed E-state index contributed by atoms with van der Waals surface area (Å²) in [5.74, 6) is -0.441. The van der Waals surface area contributed by atoms with Crippen LogP contribution in [0, 0.1) is 0 Å². The van der Waals surface area contributed by atoms with Gasteiger partial charge in [0.15, 0.2) is 11.7 Å². The van der Waals surface area contributed by atoms with E-state index in [0.717, 1.165) is 10.5 Å². The number of benzene rings is 2. The molecule has 2 rings (SSSR count). The molecule has 0 saturated carbocycles. The van der Waals surface area contributed by atoms with Gasteiger partial charge in [0, 0.05) is 17.9 Å². The van der Waals surface area contributed by atoms with Gasteiger partial charge >= 0.3 is 13.8 Å². The molecule has 2 atom stereocenters. The van der Waals surface area contributed by atoms with E-state index in [4.69, 9.17) is 9.47 Å². The quantitative estimate of drug-likeness (QED) is 0.294. The van der Waals surface area contributed by atoms with Crippen molar-refractivity contribution < 1.29 is 18.8 Å². The van der Waals surface area contributed by atoms with Crippen LogP contribution in [0.3, 0.4) is 0 Å². The number of carbonyl (C=O) groups excluding carboxylic acids is 1. The number of rotatable bonds is 11. The lowest BCUT2D eigenvalue weighted by atomic mass is 9.96. The van der Waals surface area contributed by atoms with Crippen LogP contribution >= 0.6 is 19.6 Å². The summed E-state index contributed by atoms with van der Waals surface area (Å²) in [5.41, 5.74) is 0.164. The fraction of sp³-hybridized carbons (Fsp3) is 0.381. The molecule has 4 nitrogen and oxygen atoms in total. The summed E-state index contributed by atoms with van der Waals surface area (Å²) >= 11 is 1.53. The molecule has 0 heterocycles. The normalized spacial score (nSPS) is 13.6. The topological polar surface area (TPSA) is 52.6 Å². The lowest BCUT2D eigenvalue weighted by molar-refractivity contribution is -0.168. The van der Waals surface area contributed by atoms with Crippen LogP contribution in [0.15, 0.2) is 65.6 Å². The molecule has 2 aromatic carbocycles. The predicted molar refractivity (Wildman–Crippen MR) is 111 cm³/mol. The Morgan fingerprint density at radius 1 is 1.00 bits per heavy atom. The number of carbonyl (C=O) groups is 1. The Balaban J connectivity index is 2.16. The third kappa shape index (κ3) is 6.76. The van der Waals surface area contributed by atoms with Crippen molar-refractivity contribution in [2.75, 3.05) is 24.9 Å². The summed E-state index contributed by atoms with van der Waals surface area (Å²) < 4.78 is 24.0. The Hall–Kier alpha value is -1.68. The number of esters is 1. The van der Waals surface area contributed by atoms with E-state index in [1.54, 1.807) is 6.92 Å². The smallest absolute Gasteiger partial charge is 0.353 e. The molecular formula is C21H26O4PS+. The third-order valence-electron chi connectivity index (χ3n) is 3.95. The highest BCUT2D eigenvalue weighted by atomic mass is 32.2. The minimum absolute atomic E-state index is 0.143. The van der Waals surface area contributed by atoms with Crippen molar-refractivity contribution >= 4 is 25.5 Å². The van der Waals surface area contributed by atoms with Crippen LogP contribution in [0.25, 0.3) is 0 Å². The van der Waals surface area contributed by atoms with Gasteiger partial charge in [0.1, 0.15) is 0 Å². The number of hydrogen-bond acceptors (Lipinski definition) is 5. The van der Waals surface area contributed by atoms with Gasteiger partial charge in [-0.05, 0) is 31.5 Å². The monoisotopic (exact) mass is 405 g/mol. The minimum Gasteiger partial charge on any atom is -0.464 e. The van der Waals surface area contributed by atoms with Gasteiger partial charge in [-0.2, -0.15) is 0 Å². The summed E-state index contributed by atoms with van der Waals surface area (Å²) in [5, 5.41) is 0. The predicted octanol–water partition coefficient (Wildman–Crippen LogP) is 5.14. The molecule has 0 radical (unpaired) electrons. The van der Waals surface area contributed by atoms with Crippen LogP contribution in [0.4, 0.5) is 0 Å². The van der Waals surface area contributed by atoms with Gasteiger partial charge in [0.25, 0.3) is 0 Å². The fourth-order valence-electron chi connectivity index (χ4n) is 2.81. The van der Waals surface area contributed by atoms with Crippen molar-refractivity contribution in [1.82, 2.24) is 0 Å². The van der Waals surface area contributed by atoms with E-state index < -0.39 is 19.4 Å². The zero-order chi connectivity index (χ0) is 19.5. The Labute approximate surface area is 166 Å². The number of thioether (sulfide) groups is 1. The van der Waals surface area contributed by atoms with Crippen LogP contribution in [0.2, 0.25) is 0 Å². The molecule has 0 bridgehead atoms. The summed E-state index contributed by atoms with van der Waals surface area (Å²) in [4.78, 5) is 13.8. The SMILES string of the molecule is CCOC(=O)C(Cc1ccccc1)(C[P+](=O)CSc1ccccc1)OCC. The minimum atomic E-state index is -1.66. The molecule has 6 heteroatoms. The van der Waals surface area contributed by atoms with Gasteiger partial charge in [-0.25, -0.2) is 4.79 Å². The second-order valence-corrected chi connectivity index (χ2v) is 9.11. The molecule has 0 aliphatic rings. The van der Waals surface area contributed by atoms with Crippen LogP contribution in [-0.2, 0) is 25.3 Å². The highest BCUT2D eigenvalue weighted by molar-refractivity contribution is 8.03. The Morgan fingerprint density at radius 3 is 2.22 bits per heavy atom. The highest BCUT2D eigenvalue weighted by Crippen LogP contribution is 2.37. The van der Waals surface area contributed by atoms with Gasteiger partial charge in [-0.3, -0.25) is 0 Å². The summed E-state index contributed by atoms with van der Waals surface area (Å²) in [6.45, 7) is 4.21. The molecule has 0 N–H and O–H groups in total. The average Bonchev–Trinajstić information content (AvgIpc) is 2.68. The molecule has 0 aromatic heterocycles. The molecular weight excluding hydrogens is 379 g/mol. The van der Waals surface area contributed by atoms with Crippen molar-refractivity contribution in [3.05, 3.63) is 66.2 Å². The van der Waals surface area contributed by atoms with Crippen molar-refractivity contribution in [3.8, 4) is 0 Å². The molecule has 0 aliphatic carbocycles. The van der Waals surface area contributed by atoms with Gasteiger partial charge in [0.2, 0.25) is 5.60 Å². The first-order valence-electron chi connectivity index (χ1n) is 9.04. The Bertz CT molecular complexity index is 723. The Morgan fingerprint density at radius 2 is 1.63 bits per heavy atom. The van der Waals surface area contributed by atoms with E-state index in [1.165, 1.54) is 11.8 Å². The largest absolute Gasteiger partial charge is 0.464 e. The number of hydrogen-bond donors (Lipinski definition) is 0. The standard InChI is InChI=1S/C21H26O4PS/c1-3-24-20(22)21(25-4-2,15-18-11-7-5-8-12-18)16-26(23)17-27-19-13-9-6-10-14-19/h5-14H,3-4,15-17H2,1-2H3/q+1. The molecule has 2 unspecified atom stereocenters.